The van der Waals surface area contributed by atoms with Gasteiger partial charge in [-0.25, -0.2) is 4.98 Å². The number of carbonyl (C=O) groups excluding carboxylic acids is 1. The van der Waals surface area contributed by atoms with E-state index in [1.807, 2.05) is 34.8 Å². The molecule has 1 aliphatic heterocycles. The number of anilines is 2. The lowest BCUT2D eigenvalue weighted by Gasteiger charge is -2.29. The number of fused-ring (bicyclic) bond motifs is 1. The Bertz CT molecular complexity index is 965. The van der Waals surface area contributed by atoms with E-state index in [0.717, 1.165) is 31.0 Å². The second-order valence-electron chi connectivity index (χ2n) is 7.05. The summed E-state index contributed by atoms with van der Waals surface area (Å²) in [4.78, 5) is 19.5. The second kappa shape index (κ2) is 6.66. The minimum atomic E-state index is 0.0159. The fraction of sp³-hybridized carbons (Fsp3) is 0.350. The van der Waals surface area contributed by atoms with E-state index in [9.17, 15) is 4.79 Å². The summed E-state index contributed by atoms with van der Waals surface area (Å²) in [7, 11) is 0. The van der Waals surface area contributed by atoms with Crippen LogP contribution >= 0.6 is 0 Å². The van der Waals surface area contributed by atoms with E-state index in [-0.39, 0.29) is 11.8 Å². The van der Waals surface area contributed by atoms with Gasteiger partial charge in [0.25, 0.3) is 0 Å². The van der Waals surface area contributed by atoms with E-state index in [4.69, 9.17) is 4.74 Å². The van der Waals surface area contributed by atoms with Gasteiger partial charge in [0, 0.05) is 31.1 Å². The molecular weight excluding hydrogens is 342 g/mol. The second-order valence-corrected chi connectivity index (χ2v) is 7.05. The molecule has 1 aromatic carbocycles. The highest BCUT2D eigenvalue weighted by atomic mass is 16.5. The third kappa shape index (κ3) is 3.14. The Labute approximate surface area is 157 Å². The van der Waals surface area contributed by atoms with Crippen LogP contribution in [0.5, 0.6) is 0 Å². The van der Waals surface area contributed by atoms with E-state index >= 15 is 0 Å². The van der Waals surface area contributed by atoms with Crippen LogP contribution in [-0.2, 0) is 9.53 Å². The standard InChI is InChI=1S/C20H21N5O2/c26-20(16-12-15(16)14-4-2-1-3-5-14)23-17-13-19(24-8-10-27-11-9-24)25-18(22-17)6-7-21-25/h1-7,13,15-16H,8-12H2,(H,22,23,26)/t15-,16+/m1/s1. The van der Waals surface area contributed by atoms with Crippen molar-refractivity contribution in [2.75, 3.05) is 36.5 Å². The van der Waals surface area contributed by atoms with Crippen molar-refractivity contribution in [1.29, 1.82) is 0 Å². The lowest BCUT2D eigenvalue weighted by Crippen LogP contribution is -2.37. The number of nitrogens with one attached hydrogen (secondary N) is 1. The lowest BCUT2D eigenvalue weighted by atomic mass is 10.1. The van der Waals surface area contributed by atoms with Crippen molar-refractivity contribution >= 4 is 23.2 Å². The Hall–Kier alpha value is -2.93. The first-order chi connectivity index (χ1) is 13.3. The van der Waals surface area contributed by atoms with Crippen molar-refractivity contribution in [3.8, 4) is 0 Å². The van der Waals surface area contributed by atoms with Crippen LogP contribution in [0.1, 0.15) is 17.9 Å². The van der Waals surface area contributed by atoms with E-state index in [0.29, 0.717) is 24.9 Å². The number of amides is 1. The molecule has 1 aliphatic carbocycles. The number of ether oxygens (including phenoxy) is 1. The highest BCUT2D eigenvalue weighted by molar-refractivity contribution is 5.95. The zero-order valence-corrected chi connectivity index (χ0v) is 14.9. The minimum absolute atomic E-state index is 0.0159. The molecule has 2 fully saturated rings. The molecule has 2 aliphatic rings. The van der Waals surface area contributed by atoms with Crippen LogP contribution in [0.4, 0.5) is 11.6 Å². The molecule has 0 spiro atoms. The molecule has 5 rings (SSSR count). The van der Waals surface area contributed by atoms with Gasteiger partial charge in [0.15, 0.2) is 5.65 Å². The maximum Gasteiger partial charge on any atom is 0.229 e. The molecule has 3 heterocycles. The first-order valence-electron chi connectivity index (χ1n) is 9.33. The molecule has 3 aromatic rings. The summed E-state index contributed by atoms with van der Waals surface area (Å²) in [6.07, 6.45) is 2.62. The van der Waals surface area contributed by atoms with Crippen molar-refractivity contribution in [1.82, 2.24) is 14.6 Å². The zero-order chi connectivity index (χ0) is 18.2. The molecule has 0 radical (unpaired) electrons. The van der Waals surface area contributed by atoms with Gasteiger partial charge in [-0.1, -0.05) is 30.3 Å². The number of carbonyl (C=O) groups is 1. The van der Waals surface area contributed by atoms with Crippen molar-refractivity contribution in [3.63, 3.8) is 0 Å². The Balaban J connectivity index is 1.37. The van der Waals surface area contributed by atoms with Gasteiger partial charge in [-0.2, -0.15) is 9.61 Å². The molecule has 0 unspecified atom stereocenters. The first kappa shape index (κ1) is 16.3. The van der Waals surface area contributed by atoms with Gasteiger partial charge in [0.05, 0.1) is 19.4 Å². The maximum absolute atomic E-state index is 12.7. The Kier molecular flexibility index (Phi) is 4.01. The Morgan fingerprint density at radius 1 is 1.15 bits per heavy atom. The third-order valence-electron chi connectivity index (χ3n) is 5.28. The largest absolute Gasteiger partial charge is 0.378 e. The molecule has 2 aromatic heterocycles. The monoisotopic (exact) mass is 363 g/mol. The summed E-state index contributed by atoms with van der Waals surface area (Å²) in [5.41, 5.74) is 1.95. The molecule has 1 saturated heterocycles. The predicted octanol–water partition coefficient (Wildman–Crippen LogP) is 2.31. The predicted molar refractivity (Wildman–Crippen MR) is 102 cm³/mol. The van der Waals surface area contributed by atoms with Gasteiger partial charge in [0.1, 0.15) is 11.6 Å². The molecule has 2 atom stereocenters. The fourth-order valence-corrected chi connectivity index (χ4v) is 3.75. The highest BCUT2D eigenvalue weighted by Crippen LogP contribution is 2.47. The topological polar surface area (TPSA) is 71.8 Å². The SMILES string of the molecule is O=C(Nc1cc(N2CCOCC2)n2nccc2n1)[C@H]1C[C@@H]1c1ccccc1. The van der Waals surface area contributed by atoms with E-state index in [1.165, 1.54) is 5.56 Å². The van der Waals surface area contributed by atoms with Crippen LogP contribution < -0.4 is 10.2 Å². The van der Waals surface area contributed by atoms with E-state index < -0.39 is 0 Å². The van der Waals surface area contributed by atoms with Gasteiger partial charge >= 0.3 is 0 Å². The Morgan fingerprint density at radius 3 is 2.78 bits per heavy atom. The number of nitrogens with zero attached hydrogens (tertiary/aromatic N) is 4. The minimum Gasteiger partial charge on any atom is -0.378 e. The van der Waals surface area contributed by atoms with Crippen molar-refractivity contribution in [2.45, 2.75) is 12.3 Å². The van der Waals surface area contributed by atoms with Crippen LogP contribution in [0.3, 0.4) is 0 Å². The average molecular weight is 363 g/mol. The first-order valence-corrected chi connectivity index (χ1v) is 9.33. The maximum atomic E-state index is 12.7. The molecule has 0 bridgehead atoms. The summed E-state index contributed by atoms with van der Waals surface area (Å²) in [5, 5.41) is 7.39. The molecule has 1 amide bonds. The van der Waals surface area contributed by atoms with Crippen LogP contribution in [-0.4, -0.2) is 46.8 Å². The summed E-state index contributed by atoms with van der Waals surface area (Å²) >= 11 is 0. The quantitative estimate of drug-likeness (QED) is 0.770. The molecule has 1 N–H and O–H groups in total. The number of morpholine rings is 1. The highest BCUT2D eigenvalue weighted by Gasteiger charge is 2.44. The number of aromatic nitrogens is 3. The number of hydrogen-bond acceptors (Lipinski definition) is 5. The lowest BCUT2D eigenvalue weighted by molar-refractivity contribution is -0.117. The molecule has 7 nitrogen and oxygen atoms in total. The van der Waals surface area contributed by atoms with Crippen molar-refractivity contribution < 1.29 is 9.53 Å². The van der Waals surface area contributed by atoms with Crippen LogP contribution in [0.2, 0.25) is 0 Å². The fourth-order valence-electron chi connectivity index (χ4n) is 3.75. The normalized spacial score (nSPS) is 22.0. The number of rotatable bonds is 4. The van der Waals surface area contributed by atoms with Gasteiger partial charge in [0.2, 0.25) is 5.91 Å². The summed E-state index contributed by atoms with van der Waals surface area (Å²) < 4.78 is 7.26. The van der Waals surface area contributed by atoms with Crippen molar-refractivity contribution in [2.24, 2.45) is 5.92 Å². The van der Waals surface area contributed by atoms with Crippen molar-refractivity contribution in [3.05, 3.63) is 54.2 Å². The van der Waals surface area contributed by atoms with Gasteiger partial charge in [-0.05, 0) is 17.9 Å². The van der Waals surface area contributed by atoms with E-state index in [1.54, 1.807) is 6.20 Å². The van der Waals surface area contributed by atoms with Gasteiger partial charge in [-0.3, -0.25) is 4.79 Å². The third-order valence-corrected chi connectivity index (χ3v) is 5.28. The van der Waals surface area contributed by atoms with Gasteiger partial charge < -0.3 is 15.0 Å². The molecule has 27 heavy (non-hydrogen) atoms. The van der Waals surface area contributed by atoms with Crippen LogP contribution in [0, 0.1) is 5.92 Å². The average Bonchev–Trinajstić information content (AvgIpc) is 3.39. The molecule has 1 saturated carbocycles. The Morgan fingerprint density at radius 2 is 1.96 bits per heavy atom. The smallest absolute Gasteiger partial charge is 0.229 e. The summed E-state index contributed by atoms with van der Waals surface area (Å²) in [6, 6.07) is 14.0. The van der Waals surface area contributed by atoms with E-state index in [2.05, 4.69) is 32.4 Å². The summed E-state index contributed by atoms with van der Waals surface area (Å²) in [6.45, 7) is 2.97. The number of hydrogen-bond donors (Lipinski definition) is 1. The molecule has 7 heteroatoms. The molecular formula is C20H21N5O2. The van der Waals surface area contributed by atoms with Gasteiger partial charge in [-0.15, -0.1) is 0 Å². The van der Waals surface area contributed by atoms with Crippen LogP contribution in [0.15, 0.2) is 48.7 Å². The summed E-state index contributed by atoms with van der Waals surface area (Å²) in [5.74, 6) is 1.87. The molecule has 138 valence electrons. The number of benzene rings is 1. The van der Waals surface area contributed by atoms with Crippen LogP contribution in [0.25, 0.3) is 5.65 Å². The zero-order valence-electron chi connectivity index (χ0n) is 14.9.